The van der Waals surface area contributed by atoms with Crippen molar-refractivity contribution in [1.29, 1.82) is 5.26 Å². The van der Waals surface area contributed by atoms with Crippen LogP contribution in [0, 0.1) is 11.3 Å². The molecular weight excluding hydrogens is 270 g/mol. The molecule has 6 heteroatoms. The highest BCUT2D eigenvalue weighted by atomic mass is 16.5. The number of nitrogens with one attached hydrogen (secondary N) is 1. The molecule has 1 fully saturated rings. The largest absolute Gasteiger partial charge is 0.496 e. The molecule has 2 rings (SSSR count). The number of hydrogen-bond acceptors (Lipinski definition) is 5. The predicted molar refractivity (Wildman–Crippen MR) is 76.8 cm³/mol. The third-order valence-electron chi connectivity index (χ3n) is 3.57. The van der Waals surface area contributed by atoms with E-state index in [-0.39, 0.29) is 11.9 Å². The summed E-state index contributed by atoms with van der Waals surface area (Å²) in [5.41, 5.74) is 1.47. The smallest absolute Gasteiger partial charge is 0.239 e. The summed E-state index contributed by atoms with van der Waals surface area (Å²) in [6, 6.07) is 7.10. The Labute approximate surface area is 124 Å². The van der Waals surface area contributed by atoms with Gasteiger partial charge in [-0.15, -0.1) is 0 Å². The van der Waals surface area contributed by atoms with E-state index in [1.165, 1.54) is 0 Å². The van der Waals surface area contributed by atoms with E-state index in [1.807, 2.05) is 4.90 Å². The molecule has 1 aromatic rings. The van der Waals surface area contributed by atoms with Gasteiger partial charge < -0.3 is 14.8 Å². The van der Waals surface area contributed by atoms with Crippen molar-refractivity contribution in [2.24, 2.45) is 0 Å². The number of carbonyl (C=O) groups excluding carboxylic acids is 1. The molecule has 0 bridgehead atoms. The second kappa shape index (κ2) is 7.07. The highest BCUT2D eigenvalue weighted by Gasteiger charge is 2.29. The number of nitrogens with zero attached hydrogens (tertiary/aromatic N) is 2. The summed E-state index contributed by atoms with van der Waals surface area (Å²) in [5.74, 6) is 0.654. The first-order valence-electron chi connectivity index (χ1n) is 6.80. The van der Waals surface area contributed by atoms with Gasteiger partial charge in [-0.25, -0.2) is 0 Å². The zero-order valence-corrected chi connectivity index (χ0v) is 12.3. The molecule has 0 saturated carbocycles. The molecule has 1 saturated heterocycles. The van der Waals surface area contributed by atoms with Crippen LogP contribution in [0.2, 0.25) is 0 Å². The van der Waals surface area contributed by atoms with Gasteiger partial charge in [0.2, 0.25) is 5.91 Å². The van der Waals surface area contributed by atoms with Crippen LogP contribution in [0.5, 0.6) is 5.75 Å². The first kappa shape index (κ1) is 15.3. The van der Waals surface area contributed by atoms with E-state index in [9.17, 15) is 4.79 Å². The second-order valence-electron chi connectivity index (χ2n) is 4.81. The Morgan fingerprint density at radius 2 is 2.43 bits per heavy atom. The lowest BCUT2D eigenvalue weighted by Crippen LogP contribution is -2.52. The Kier molecular flexibility index (Phi) is 5.14. The van der Waals surface area contributed by atoms with Gasteiger partial charge in [-0.1, -0.05) is 0 Å². The lowest BCUT2D eigenvalue weighted by atomic mass is 10.1. The molecule has 0 spiro atoms. The SMILES string of the molecule is CNC(=O)C1COCCN1Cc1cc(C#N)ccc1OC. The van der Waals surface area contributed by atoms with E-state index < -0.39 is 0 Å². The van der Waals surface area contributed by atoms with Crippen LogP contribution in [0.25, 0.3) is 0 Å². The Hall–Kier alpha value is -2.10. The Morgan fingerprint density at radius 1 is 1.62 bits per heavy atom. The molecule has 1 atom stereocenters. The topological polar surface area (TPSA) is 74.6 Å². The minimum atomic E-state index is -0.320. The number of amides is 1. The zero-order chi connectivity index (χ0) is 15.2. The number of nitriles is 1. The number of benzene rings is 1. The molecule has 1 aliphatic rings. The molecule has 21 heavy (non-hydrogen) atoms. The summed E-state index contributed by atoms with van der Waals surface area (Å²) in [6.07, 6.45) is 0. The molecular formula is C15H19N3O3. The Balaban J connectivity index is 2.22. The molecule has 1 aliphatic heterocycles. The summed E-state index contributed by atoms with van der Waals surface area (Å²) >= 11 is 0. The molecule has 1 N–H and O–H groups in total. The fourth-order valence-electron chi connectivity index (χ4n) is 2.43. The van der Waals surface area contributed by atoms with Crippen LogP contribution in [-0.2, 0) is 16.1 Å². The minimum Gasteiger partial charge on any atom is -0.496 e. The highest BCUT2D eigenvalue weighted by molar-refractivity contribution is 5.81. The lowest BCUT2D eigenvalue weighted by Gasteiger charge is -2.34. The van der Waals surface area contributed by atoms with Crippen molar-refractivity contribution < 1.29 is 14.3 Å². The molecule has 0 aliphatic carbocycles. The van der Waals surface area contributed by atoms with Crippen molar-refractivity contribution in [3.63, 3.8) is 0 Å². The molecule has 6 nitrogen and oxygen atoms in total. The van der Waals surface area contributed by atoms with Crippen molar-refractivity contribution in [3.05, 3.63) is 29.3 Å². The summed E-state index contributed by atoms with van der Waals surface area (Å²) < 4.78 is 10.7. The maximum atomic E-state index is 11.9. The number of likely N-dealkylation sites (N-methyl/N-ethyl adjacent to an activating group) is 1. The first-order valence-corrected chi connectivity index (χ1v) is 6.80. The van der Waals surface area contributed by atoms with Gasteiger partial charge in [0.25, 0.3) is 0 Å². The molecule has 112 valence electrons. The lowest BCUT2D eigenvalue weighted by molar-refractivity contribution is -0.132. The average Bonchev–Trinajstić information content (AvgIpc) is 2.54. The van der Waals surface area contributed by atoms with Crippen molar-refractivity contribution in [1.82, 2.24) is 10.2 Å². The van der Waals surface area contributed by atoms with Crippen LogP contribution < -0.4 is 10.1 Å². The summed E-state index contributed by atoms with van der Waals surface area (Å²) in [6.45, 7) is 2.17. The monoisotopic (exact) mass is 289 g/mol. The molecule has 1 amide bonds. The molecule has 0 aromatic heterocycles. The third-order valence-corrected chi connectivity index (χ3v) is 3.57. The Morgan fingerprint density at radius 3 is 3.10 bits per heavy atom. The second-order valence-corrected chi connectivity index (χ2v) is 4.81. The van der Waals surface area contributed by atoms with Gasteiger partial charge in [0, 0.05) is 25.7 Å². The van der Waals surface area contributed by atoms with Gasteiger partial charge in [0.1, 0.15) is 11.8 Å². The van der Waals surface area contributed by atoms with E-state index in [0.29, 0.717) is 31.9 Å². The first-order chi connectivity index (χ1) is 10.2. The number of carbonyl (C=O) groups is 1. The summed E-state index contributed by atoms with van der Waals surface area (Å²) in [5, 5.41) is 11.7. The van der Waals surface area contributed by atoms with E-state index >= 15 is 0 Å². The predicted octanol–water partition coefficient (Wildman–Crippen LogP) is 0.514. The van der Waals surface area contributed by atoms with Crippen LogP contribution in [0.3, 0.4) is 0 Å². The molecule has 1 heterocycles. The quantitative estimate of drug-likeness (QED) is 0.874. The van der Waals surface area contributed by atoms with Crippen LogP contribution in [-0.4, -0.2) is 50.8 Å². The number of hydrogen-bond donors (Lipinski definition) is 1. The van der Waals surface area contributed by atoms with Gasteiger partial charge in [-0.3, -0.25) is 9.69 Å². The van der Waals surface area contributed by atoms with Crippen LogP contribution in [0.1, 0.15) is 11.1 Å². The zero-order valence-electron chi connectivity index (χ0n) is 12.3. The van der Waals surface area contributed by atoms with Crippen molar-refractivity contribution in [2.75, 3.05) is 33.9 Å². The fraction of sp³-hybridized carbons (Fsp3) is 0.467. The summed E-state index contributed by atoms with van der Waals surface area (Å²) in [7, 11) is 3.21. The van der Waals surface area contributed by atoms with E-state index in [4.69, 9.17) is 14.7 Å². The fourth-order valence-corrected chi connectivity index (χ4v) is 2.43. The maximum absolute atomic E-state index is 11.9. The highest BCUT2D eigenvalue weighted by Crippen LogP contribution is 2.23. The number of morpholine rings is 1. The van der Waals surface area contributed by atoms with E-state index in [0.717, 1.165) is 11.3 Å². The van der Waals surface area contributed by atoms with E-state index in [1.54, 1.807) is 32.4 Å². The van der Waals surface area contributed by atoms with Crippen molar-refractivity contribution in [3.8, 4) is 11.8 Å². The van der Waals surface area contributed by atoms with E-state index in [2.05, 4.69) is 11.4 Å². The average molecular weight is 289 g/mol. The number of methoxy groups -OCH3 is 1. The van der Waals surface area contributed by atoms with Gasteiger partial charge in [0.15, 0.2) is 0 Å². The maximum Gasteiger partial charge on any atom is 0.239 e. The third kappa shape index (κ3) is 3.51. The van der Waals surface area contributed by atoms with Crippen LogP contribution >= 0.6 is 0 Å². The minimum absolute atomic E-state index is 0.0647. The number of rotatable bonds is 4. The summed E-state index contributed by atoms with van der Waals surface area (Å²) in [4.78, 5) is 14.0. The number of ether oxygens (including phenoxy) is 2. The van der Waals surface area contributed by atoms with Crippen molar-refractivity contribution >= 4 is 5.91 Å². The molecule has 1 aromatic carbocycles. The standard InChI is InChI=1S/C15H19N3O3/c1-17-15(19)13-10-21-6-5-18(13)9-12-7-11(8-16)3-4-14(12)20-2/h3-4,7,13H,5-6,9-10H2,1-2H3,(H,17,19). The van der Waals surface area contributed by atoms with Gasteiger partial charge in [0.05, 0.1) is 32.0 Å². The van der Waals surface area contributed by atoms with Crippen LogP contribution in [0.15, 0.2) is 18.2 Å². The van der Waals surface area contributed by atoms with Gasteiger partial charge in [-0.2, -0.15) is 5.26 Å². The molecule has 1 unspecified atom stereocenters. The van der Waals surface area contributed by atoms with Crippen molar-refractivity contribution in [2.45, 2.75) is 12.6 Å². The molecule has 0 radical (unpaired) electrons. The normalized spacial score (nSPS) is 18.8. The van der Waals surface area contributed by atoms with Gasteiger partial charge >= 0.3 is 0 Å². The van der Waals surface area contributed by atoms with Crippen LogP contribution in [0.4, 0.5) is 0 Å². The van der Waals surface area contributed by atoms with Gasteiger partial charge in [-0.05, 0) is 18.2 Å². The Bertz CT molecular complexity index is 554.